The van der Waals surface area contributed by atoms with Crippen molar-refractivity contribution < 1.29 is 4.79 Å². The Morgan fingerprint density at radius 1 is 1.19 bits per heavy atom. The molecule has 0 bridgehead atoms. The summed E-state index contributed by atoms with van der Waals surface area (Å²) >= 11 is 0. The van der Waals surface area contributed by atoms with Crippen LogP contribution in [0.25, 0.3) is 6.08 Å². The molecule has 0 aliphatic carbocycles. The molecule has 1 aromatic rings. The summed E-state index contributed by atoms with van der Waals surface area (Å²) in [5, 5.41) is 6.12. The molecule has 1 aromatic carbocycles. The van der Waals surface area contributed by atoms with E-state index in [1.165, 1.54) is 11.1 Å². The lowest BCUT2D eigenvalue weighted by Crippen LogP contribution is -2.50. The first-order valence-electron chi connectivity index (χ1n) is 8.88. The molecule has 0 atom stereocenters. The zero-order valence-electron chi connectivity index (χ0n) is 16.2. The SMILES string of the molecule is CN=C(NCC(=O)NC(C)(C)C)N1CCC(=Cc2ccccc2)CC1.I. The molecule has 6 heteroatoms. The zero-order valence-corrected chi connectivity index (χ0v) is 18.5. The van der Waals surface area contributed by atoms with E-state index < -0.39 is 0 Å². The van der Waals surface area contributed by atoms with Gasteiger partial charge in [0, 0.05) is 25.7 Å². The summed E-state index contributed by atoms with van der Waals surface area (Å²) < 4.78 is 0. The molecule has 1 amide bonds. The van der Waals surface area contributed by atoms with Gasteiger partial charge in [-0.3, -0.25) is 9.79 Å². The molecule has 0 saturated carbocycles. The van der Waals surface area contributed by atoms with E-state index in [-0.39, 0.29) is 42.0 Å². The number of nitrogens with zero attached hydrogens (tertiary/aromatic N) is 2. The lowest BCUT2D eigenvalue weighted by atomic mass is 10.0. The molecule has 2 rings (SSSR count). The monoisotopic (exact) mass is 470 g/mol. The Labute approximate surface area is 174 Å². The van der Waals surface area contributed by atoms with Gasteiger partial charge in [0.05, 0.1) is 6.54 Å². The van der Waals surface area contributed by atoms with Gasteiger partial charge in [0.15, 0.2) is 5.96 Å². The molecular formula is C20H31IN4O. The fourth-order valence-corrected chi connectivity index (χ4v) is 2.89. The van der Waals surface area contributed by atoms with Crippen LogP contribution < -0.4 is 10.6 Å². The van der Waals surface area contributed by atoms with Gasteiger partial charge < -0.3 is 15.5 Å². The summed E-state index contributed by atoms with van der Waals surface area (Å²) in [6.07, 6.45) is 4.32. The maximum Gasteiger partial charge on any atom is 0.239 e. The lowest BCUT2D eigenvalue weighted by molar-refractivity contribution is -0.121. The molecule has 26 heavy (non-hydrogen) atoms. The number of nitrogens with one attached hydrogen (secondary N) is 2. The van der Waals surface area contributed by atoms with Crippen LogP contribution in [-0.2, 0) is 4.79 Å². The number of hydrogen-bond acceptors (Lipinski definition) is 2. The second-order valence-electron chi connectivity index (χ2n) is 7.40. The normalized spacial score (nSPS) is 15.2. The molecule has 2 N–H and O–H groups in total. The standard InChI is InChI=1S/C20H30N4O.HI/c1-20(2,3)23-18(25)15-22-19(21-4)24-12-10-17(11-13-24)14-16-8-6-5-7-9-16;/h5-9,14H,10-13,15H2,1-4H3,(H,21,22)(H,23,25);1H. The molecule has 144 valence electrons. The molecular weight excluding hydrogens is 439 g/mol. The van der Waals surface area contributed by atoms with Crippen LogP contribution in [-0.4, -0.2) is 49.0 Å². The van der Waals surface area contributed by atoms with E-state index >= 15 is 0 Å². The third kappa shape index (κ3) is 7.76. The van der Waals surface area contributed by atoms with E-state index in [4.69, 9.17) is 0 Å². The van der Waals surface area contributed by atoms with Gasteiger partial charge in [-0.25, -0.2) is 0 Å². The summed E-state index contributed by atoms with van der Waals surface area (Å²) in [6.45, 7) is 8.01. The summed E-state index contributed by atoms with van der Waals surface area (Å²) in [5.74, 6) is 0.776. The molecule has 0 radical (unpaired) electrons. The fraction of sp³-hybridized carbons (Fsp3) is 0.500. The molecule has 0 unspecified atom stereocenters. The highest BCUT2D eigenvalue weighted by Gasteiger charge is 2.19. The summed E-state index contributed by atoms with van der Waals surface area (Å²) in [7, 11) is 1.76. The predicted molar refractivity (Wildman–Crippen MR) is 120 cm³/mol. The van der Waals surface area contributed by atoms with E-state index in [1.54, 1.807) is 7.05 Å². The summed E-state index contributed by atoms with van der Waals surface area (Å²) in [6, 6.07) is 10.4. The van der Waals surface area contributed by atoms with E-state index in [9.17, 15) is 4.79 Å². The van der Waals surface area contributed by atoms with E-state index in [1.807, 2.05) is 26.8 Å². The first kappa shape index (κ1) is 22.5. The van der Waals surface area contributed by atoms with Crippen LogP contribution in [0.15, 0.2) is 40.9 Å². The quantitative estimate of drug-likeness (QED) is 0.405. The topological polar surface area (TPSA) is 56.7 Å². The molecule has 0 aromatic heterocycles. The number of carbonyl (C=O) groups is 1. The maximum atomic E-state index is 12.0. The van der Waals surface area contributed by atoms with Crippen molar-refractivity contribution in [1.82, 2.24) is 15.5 Å². The number of piperidine rings is 1. The van der Waals surface area contributed by atoms with E-state index in [2.05, 4.69) is 50.9 Å². The van der Waals surface area contributed by atoms with Crippen LogP contribution in [0.2, 0.25) is 0 Å². The smallest absolute Gasteiger partial charge is 0.239 e. The first-order chi connectivity index (χ1) is 11.9. The summed E-state index contributed by atoms with van der Waals surface area (Å²) in [5.41, 5.74) is 2.50. The number of carbonyl (C=O) groups excluding carboxylic acids is 1. The van der Waals surface area contributed by atoms with Crippen molar-refractivity contribution in [2.75, 3.05) is 26.7 Å². The largest absolute Gasteiger partial charge is 0.350 e. The Morgan fingerprint density at radius 2 is 1.81 bits per heavy atom. The predicted octanol–water partition coefficient (Wildman–Crippen LogP) is 3.27. The van der Waals surface area contributed by atoms with Gasteiger partial charge in [0.1, 0.15) is 0 Å². The van der Waals surface area contributed by atoms with Gasteiger partial charge >= 0.3 is 0 Å². The summed E-state index contributed by atoms with van der Waals surface area (Å²) in [4.78, 5) is 18.5. The number of guanidine groups is 1. The van der Waals surface area contributed by atoms with E-state index in [0.717, 1.165) is 31.9 Å². The van der Waals surface area contributed by atoms with Gasteiger partial charge in [0.25, 0.3) is 0 Å². The Kier molecular flexibility index (Phi) is 9.12. The fourth-order valence-electron chi connectivity index (χ4n) is 2.89. The number of benzene rings is 1. The molecule has 5 nitrogen and oxygen atoms in total. The van der Waals surface area contributed by atoms with Gasteiger partial charge in [-0.05, 0) is 39.2 Å². The van der Waals surface area contributed by atoms with Crippen molar-refractivity contribution in [3.8, 4) is 0 Å². The van der Waals surface area contributed by atoms with Crippen molar-refractivity contribution in [3.63, 3.8) is 0 Å². The minimum absolute atomic E-state index is 0. The maximum absolute atomic E-state index is 12.0. The Bertz CT molecular complexity index is 625. The average molecular weight is 470 g/mol. The van der Waals surface area contributed by atoms with Gasteiger partial charge in [-0.2, -0.15) is 0 Å². The Morgan fingerprint density at radius 3 is 2.35 bits per heavy atom. The minimum Gasteiger partial charge on any atom is -0.350 e. The molecule has 1 fully saturated rings. The highest BCUT2D eigenvalue weighted by molar-refractivity contribution is 14.0. The molecule has 1 aliphatic rings. The first-order valence-corrected chi connectivity index (χ1v) is 8.88. The van der Waals surface area contributed by atoms with Crippen molar-refractivity contribution in [2.45, 2.75) is 39.2 Å². The minimum atomic E-state index is -0.218. The third-order valence-electron chi connectivity index (χ3n) is 4.01. The average Bonchev–Trinajstić information content (AvgIpc) is 2.56. The second kappa shape index (κ2) is 10.5. The van der Waals surface area contributed by atoms with Gasteiger partial charge in [0.2, 0.25) is 5.91 Å². The van der Waals surface area contributed by atoms with Gasteiger partial charge in [-0.1, -0.05) is 42.0 Å². The van der Waals surface area contributed by atoms with Crippen LogP contribution in [0.4, 0.5) is 0 Å². The van der Waals surface area contributed by atoms with Gasteiger partial charge in [-0.15, -0.1) is 24.0 Å². The van der Waals surface area contributed by atoms with Crippen molar-refractivity contribution in [1.29, 1.82) is 0 Å². The molecule has 1 saturated heterocycles. The van der Waals surface area contributed by atoms with Crippen LogP contribution in [0.3, 0.4) is 0 Å². The Hall–Kier alpha value is -1.57. The lowest BCUT2D eigenvalue weighted by Gasteiger charge is -2.31. The Balaban J connectivity index is 0.00000338. The number of rotatable bonds is 3. The van der Waals surface area contributed by atoms with E-state index in [0.29, 0.717) is 0 Å². The number of hydrogen-bond donors (Lipinski definition) is 2. The molecule has 0 spiro atoms. The number of halogens is 1. The number of likely N-dealkylation sites (tertiary alicyclic amines) is 1. The van der Waals surface area contributed by atoms with Crippen molar-refractivity contribution in [3.05, 3.63) is 41.5 Å². The molecule has 1 heterocycles. The van der Waals surface area contributed by atoms with Crippen molar-refractivity contribution in [2.24, 2.45) is 4.99 Å². The second-order valence-corrected chi connectivity index (χ2v) is 7.40. The number of aliphatic imine (C=N–C) groups is 1. The van der Waals surface area contributed by atoms with Crippen molar-refractivity contribution >= 4 is 41.9 Å². The molecule has 1 aliphatic heterocycles. The van der Waals surface area contributed by atoms with Crippen LogP contribution in [0, 0.1) is 0 Å². The zero-order chi connectivity index (χ0) is 18.3. The third-order valence-corrected chi connectivity index (χ3v) is 4.01. The van der Waals surface area contributed by atoms with Crippen LogP contribution in [0.5, 0.6) is 0 Å². The number of amides is 1. The highest BCUT2D eigenvalue weighted by Crippen LogP contribution is 2.19. The van der Waals surface area contributed by atoms with Crippen LogP contribution >= 0.6 is 24.0 Å². The highest BCUT2D eigenvalue weighted by atomic mass is 127. The van der Waals surface area contributed by atoms with Crippen LogP contribution in [0.1, 0.15) is 39.2 Å².